The van der Waals surface area contributed by atoms with Crippen molar-refractivity contribution in [3.63, 3.8) is 0 Å². The Morgan fingerprint density at radius 2 is 2.05 bits per heavy atom. The molecule has 0 radical (unpaired) electrons. The Hall–Kier alpha value is -2.58. The lowest BCUT2D eigenvalue weighted by Gasteiger charge is -2.17. The van der Waals surface area contributed by atoms with E-state index in [1.54, 1.807) is 0 Å². The maximum atomic E-state index is 12.7. The highest BCUT2D eigenvalue weighted by atomic mass is 19.3. The molecule has 2 aromatic rings. The third-order valence-corrected chi connectivity index (χ3v) is 2.61. The van der Waals surface area contributed by atoms with Gasteiger partial charge in [-0.2, -0.15) is 8.78 Å². The summed E-state index contributed by atoms with van der Waals surface area (Å²) in [6, 6.07) is 0. The summed E-state index contributed by atoms with van der Waals surface area (Å²) in [5, 5.41) is 0. The summed E-state index contributed by atoms with van der Waals surface area (Å²) in [4.78, 5) is 24.7. The number of imidazole rings is 1. The molecule has 2 aromatic heterocycles. The lowest BCUT2D eigenvalue weighted by Crippen LogP contribution is -2.29. The monoisotopic (exact) mass is 282 g/mol. The second-order valence-electron chi connectivity index (χ2n) is 3.98. The average Bonchev–Trinajstić information content (AvgIpc) is 2.86. The maximum absolute atomic E-state index is 12.7. The van der Waals surface area contributed by atoms with E-state index in [9.17, 15) is 13.6 Å². The minimum absolute atomic E-state index is 0.0125. The Morgan fingerprint density at radius 1 is 1.35 bits per heavy atom. The van der Waals surface area contributed by atoms with Gasteiger partial charge >= 0.3 is 6.55 Å². The molecule has 9 heteroatoms. The molecule has 0 aliphatic carbocycles. The van der Waals surface area contributed by atoms with Gasteiger partial charge in [-0.15, -0.1) is 0 Å². The zero-order valence-corrected chi connectivity index (χ0v) is 10.6. The van der Waals surface area contributed by atoms with E-state index in [4.69, 9.17) is 5.73 Å². The molecule has 2 rings (SSSR count). The van der Waals surface area contributed by atoms with Crippen LogP contribution in [0.3, 0.4) is 0 Å². The Morgan fingerprint density at radius 3 is 2.70 bits per heavy atom. The standard InChI is InChI=1S/C11H12F2N6O/c1-18(6-7-15-4-5-19(7)11(12)13)10(20)8-9(14)17-3-2-16-8/h2-5,11H,6H2,1H3,(H2,14,17). The zero-order chi connectivity index (χ0) is 14.7. The van der Waals surface area contributed by atoms with E-state index in [2.05, 4.69) is 15.0 Å². The molecule has 0 spiro atoms. The second-order valence-corrected chi connectivity index (χ2v) is 3.98. The fourth-order valence-corrected chi connectivity index (χ4v) is 1.62. The predicted molar refractivity (Wildman–Crippen MR) is 65.7 cm³/mol. The molecular weight excluding hydrogens is 270 g/mol. The van der Waals surface area contributed by atoms with Crippen LogP contribution in [0.4, 0.5) is 14.6 Å². The number of alkyl halides is 2. The van der Waals surface area contributed by atoms with Gasteiger partial charge in [0.05, 0.1) is 6.54 Å². The summed E-state index contributed by atoms with van der Waals surface area (Å²) in [6.07, 6.45) is 5.08. The normalized spacial score (nSPS) is 10.8. The van der Waals surface area contributed by atoms with Gasteiger partial charge in [0.1, 0.15) is 5.82 Å². The fourth-order valence-electron chi connectivity index (χ4n) is 1.62. The van der Waals surface area contributed by atoms with Crippen molar-refractivity contribution >= 4 is 11.7 Å². The number of anilines is 1. The van der Waals surface area contributed by atoms with Gasteiger partial charge in [-0.3, -0.25) is 9.36 Å². The van der Waals surface area contributed by atoms with E-state index in [1.165, 1.54) is 30.5 Å². The first-order valence-electron chi connectivity index (χ1n) is 5.62. The quantitative estimate of drug-likeness (QED) is 0.900. The van der Waals surface area contributed by atoms with Crippen LogP contribution in [0.2, 0.25) is 0 Å². The summed E-state index contributed by atoms with van der Waals surface area (Å²) in [5.41, 5.74) is 5.53. The first kappa shape index (κ1) is 13.8. The average molecular weight is 282 g/mol. The van der Waals surface area contributed by atoms with Crippen molar-refractivity contribution in [1.82, 2.24) is 24.4 Å². The Kier molecular flexibility index (Phi) is 3.87. The molecule has 0 unspecified atom stereocenters. The lowest BCUT2D eigenvalue weighted by atomic mass is 10.3. The number of hydrogen-bond donors (Lipinski definition) is 1. The van der Waals surface area contributed by atoms with Crippen molar-refractivity contribution in [2.45, 2.75) is 13.1 Å². The second kappa shape index (κ2) is 5.59. The van der Waals surface area contributed by atoms with Crippen LogP contribution >= 0.6 is 0 Å². The van der Waals surface area contributed by atoms with Gasteiger partial charge in [-0.1, -0.05) is 0 Å². The van der Waals surface area contributed by atoms with Gasteiger partial charge in [0.2, 0.25) is 0 Å². The van der Waals surface area contributed by atoms with Gasteiger partial charge in [0.15, 0.2) is 11.5 Å². The Labute approximate surface area is 113 Å². The first-order valence-corrected chi connectivity index (χ1v) is 5.62. The molecular formula is C11H12F2N6O. The molecule has 2 N–H and O–H groups in total. The molecule has 0 aromatic carbocycles. The number of carbonyl (C=O) groups is 1. The molecule has 1 amide bonds. The fraction of sp³-hybridized carbons (Fsp3) is 0.273. The summed E-state index contributed by atoms with van der Waals surface area (Å²) >= 11 is 0. The number of nitrogen functional groups attached to an aromatic ring is 1. The van der Waals surface area contributed by atoms with Gasteiger partial charge in [-0.25, -0.2) is 15.0 Å². The SMILES string of the molecule is CN(Cc1nccn1C(F)F)C(=O)c1nccnc1N. The molecule has 7 nitrogen and oxygen atoms in total. The smallest absolute Gasteiger partial charge is 0.319 e. The minimum Gasteiger partial charge on any atom is -0.382 e. The Balaban J connectivity index is 2.16. The van der Waals surface area contributed by atoms with E-state index in [1.807, 2.05) is 0 Å². The van der Waals surface area contributed by atoms with Crippen molar-refractivity contribution < 1.29 is 13.6 Å². The number of carbonyl (C=O) groups excluding carboxylic acids is 1. The highest BCUT2D eigenvalue weighted by Crippen LogP contribution is 2.15. The van der Waals surface area contributed by atoms with Crippen LogP contribution in [-0.2, 0) is 6.54 Å². The zero-order valence-electron chi connectivity index (χ0n) is 10.6. The Bertz CT molecular complexity index is 614. The molecule has 106 valence electrons. The van der Waals surface area contributed by atoms with Crippen molar-refractivity contribution in [3.05, 3.63) is 36.3 Å². The number of halogens is 2. The van der Waals surface area contributed by atoms with E-state index < -0.39 is 12.5 Å². The molecule has 0 aliphatic rings. The number of nitrogens with two attached hydrogens (primary N) is 1. The summed E-state index contributed by atoms with van der Waals surface area (Å²) in [6.45, 7) is -2.80. The van der Waals surface area contributed by atoms with Gasteiger partial charge in [0.25, 0.3) is 5.91 Å². The predicted octanol–water partition coefficient (Wildman–Crippen LogP) is 0.923. The van der Waals surface area contributed by atoms with Gasteiger partial charge < -0.3 is 10.6 Å². The number of rotatable bonds is 4. The topological polar surface area (TPSA) is 89.9 Å². The third-order valence-electron chi connectivity index (χ3n) is 2.61. The van der Waals surface area contributed by atoms with E-state index in [0.717, 1.165) is 6.20 Å². The first-order chi connectivity index (χ1) is 9.50. The van der Waals surface area contributed by atoms with Crippen LogP contribution in [-0.4, -0.2) is 37.4 Å². The van der Waals surface area contributed by atoms with Crippen molar-refractivity contribution in [1.29, 1.82) is 0 Å². The third kappa shape index (κ3) is 2.71. The summed E-state index contributed by atoms with van der Waals surface area (Å²) in [7, 11) is 1.45. The molecule has 0 atom stereocenters. The molecule has 0 saturated carbocycles. The van der Waals surface area contributed by atoms with Gasteiger partial charge in [0, 0.05) is 31.8 Å². The largest absolute Gasteiger partial charge is 0.382 e. The van der Waals surface area contributed by atoms with Crippen molar-refractivity contribution in [2.24, 2.45) is 0 Å². The number of aromatic nitrogens is 4. The molecule has 20 heavy (non-hydrogen) atoms. The maximum Gasteiger partial charge on any atom is 0.319 e. The minimum atomic E-state index is -2.71. The molecule has 2 heterocycles. The molecule has 0 fully saturated rings. The number of amides is 1. The van der Waals surface area contributed by atoms with Crippen molar-refractivity contribution in [2.75, 3.05) is 12.8 Å². The van der Waals surface area contributed by atoms with Crippen LogP contribution < -0.4 is 5.73 Å². The van der Waals surface area contributed by atoms with Crippen LogP contribution in [0.5, 0.6) is 0 Å². The van der Waals surface area contributed by atoms with E-state index >= 15 is 0 Å². The van der Waals surface area contributed by atoms with E-state index in [0.29, 0.717) is 4.57 Å². The van der Waals surface area contributed by atoms with Crippen molar-refractivity contribution in [3.8, 4) is 0 Å². The highest BCUT2D eigenvalue weighted by Gasteiger charge is 2.20. The van der Waals surface area contributed by atoms with Gasteiger partial charge in [-0.05, 0) is 0 Å². The van der Waals surface area contributed by atoms with Crippen LogP contribution in [0, 0.1) is 0 Å². The van der Waals surface area contributed by atoms with Crippen LogP contribution in [0.1, 0.15) is 22.9 Å². The summed E-state index contributed by atoms with van der Waals surface area (Å²) < 4.78 is 26.0. The van der Waals surface area contributed by atoms with Crippen LogP contribution in [0.15, 0.2) is 24.8 Å². The lowest BCUT2D eigenvalue weighted by molar-refractivity contribution is 0.0611. The van der Waals surface area contributed by atoms with Crippen LogP contribution in [0.25, 0.3) is 0 Å². The molecule has 0 saturated heterocycles. The summed E-state index contributed by atoms with van der Waals surface area (Å²) in [5.74, 6) is -0.459. The molecule has 0 bridgehead atoms. The van der Waals surface area contributed by atoms with E-state index in [-0.39, 0.29) is 23.9 Å². The number of hydrogen-bond acceptors (Lipinski definition) is 5. The highest BCUT2D eigenvalue weighted by molar-refractivity contribution is 5.95. The number of nitrogens with zero attached hydrogens (tertiary/aromatic N) is 5. The molecule has 0 aliphatic heterocycles.